The van der Waals surface area contributed by atoms with Crippen LogP contribution < -0.4 is 5.32 Å². The Morgan fingerprint density at radius 2 is 1.95 bits per heavy atom. The third kappa shape index (κ3) is 5.19. The minimum absolute atomic E-state index is 0.0592. The van der Waals surface area contributed by atoms with Crippen LogP contribution in [0.2, 0.25) is 0 Å². The van der Waals surface area contributed by atoms with E-state index in [0.29, 0.717) is 11.5 Å². The zero-order chi connectivity index (χ0) is 29.6. The number of alkyl halides is 3. The smallest absolute Gasteiger partial charge is 0.361 e. The lowest BCUT2D eigenvalue weighted by molar-refractivity contribution is -0.142. The SMILES string of the molecule is Cc1cc(CN2C(=O)C3C(N=CN3[C@@H](C)C(=O)Nc3ccnc(-c4cnc(C(F)(F)F)c(C)c4)n3)N(C)C2=O)no1. The van der Waals surface area contributed by atoms with Gasteiger partial charge in [-0.15, -0.1) is 0 Å². The zero-order valence-electron chi connectivity index (χ0n) is 22.2. The van der Waals surface area contributed by atoms with Crippen molar-refractivity contribution >= 4 is 30.0 Å². The lowest BCUT2D eigenvalue weighted by Gasteiger charge is -2.42. The van der Waals surface area contributed by atoms with Crippen LogP contribution in [0.3, 0.4) is 0 Å². The molecule has 2 unspecified atom stereocenters. The van der Waals surface area contributed by atoms with Gasteiger partial charge in [-0.05, 0) is 38.5 Å². The summed E-state index contributed by atoms with van der Waals surface area (Å²) in [5.41, 5.74) is -0.482. The third-order valence-corrected chi connectivity index (χ3v) is 6.74. The Hall–Kier alpha value is -4.89. The van der Waals surface area contributed by atoms with Gasteiger partial charge in [-0.2, -0.15) is 13.2 Å². The highest BCUT2D eigenvalue weighted by molar-refractivity contribution is 6.03. The van der Waals surface area contributed by atoms with Gasteiger partial charge in [-0.3, -0.25) is 19.5 Å². The molecule has 41 heavy (non-hydrogen) atoms. The molecular formula is C25H24F3N9O4. The van der Waals surface area contributed by atoms with Gasteiger partial charge in [-0.1, -0.05) is 5.16 Å². The predicted octanol–water partition coefficient (Wildman–Crippen LogP) is 2.62. The second-order valence-electron chi connectivity index (χ2n) is 9.63. The summed E-state index contributed by atoms with van der Waals surface area (Å²) in [7, 11) is 1.51. The first kappa shape index (κ1) is 27.7. The molecule has 0 bridgehead atoms. The molecule has 13 nitrogen and oxygen atoms in total. The summed E-state index contributed by atoms with van der Waals surface area (Å²) in [4.78, 5) is 59.5. The molecular weight excluding hydrogens is 547 g/mol. The maximum Gasteiger partial charge on any atom is 0.433 e. The largest absolute Gasteiger partial charge is 0.433 e. The number of amides is 4. The van der Waals surface area contributed by atoms with Crippen molar-refractivity contribution < 1.29 is 32.1 Å². The molecule has 0 spiro atoms. The van der Waals surface area contributed by atoms with Crippen molar-refractivity contribution in [2.24, 2.45) is 4.99 Å². The Morgan fingerprint density at radius 3 is 2.61 bits per heavy atom. The van der Waals surface area contributed by atoms with Crippen molar-refractivity contribution in [3.05, 3.63) is 53.3 Å². The van der Waals surface area contributed by atoms with E-state index in [2.05, 4.69) is 30.4 Å². The molecule has 3 aromatic rings. The molecule has 0 radical (unpaired) electrons. The molecule has 3 atom stereocenters. The average Bonchev–Trinajstić information content (AvgIpc) is 3.55. The van der Waals surface area contributed by atoms with E-state index in [0.717, 1.165) is 11.1 Å². The van der Waals surface area contributed by atoms with Gasteiger partial charge in [0.15, 0.2) is 18.0 Å². The lowest BCUT2D eigenvalue weighted by Crippen LogP contribution is -2.66. The van der Waals surface area contributed by atoms with E-state index >= 15 is 0 Å². The number of urea groups is 1. The fraction of sp³-hybridized carbons (Fsp3) is 0.360. The van der Waals surface area contributed by atoms with Crippen LogP contribution in [0, 0.1) is 13.8 Å². The van der Waals surface area contributed by atoms with Gasteiger partial charge in [0.05, 0.1) is 12.9 Å². The molecule has 3 aromatic heterocycles. The summed E-state index contributed by atoms with van der Waals surface area (Å²) in [6.45, 7) is 4.42. The number of fused-ring (bicyclic) bond motifs is 1. The number of aryl methyl sites for hydroxylation is 2. The van der Waals surface area contributed by atoms with Crippen LogP contribution in [0.4, 0.5) is 23.8 Å². The van der Waals surface area contributed by atoms with Gasteiger partial charge in [0.25, 0.3) is 5.91 Å². The number of hydrogen-bond donors (Lipinski definition) is 1. The quantitative estimate of drug-likeness (QED) is 0.471. The number of nitrogens with zero attached hydrogens (tertiary/aromatic N) is 8. The van der Waals surface area contributed by atoms with Gasteiger partial charge in [-0.25, -0.2) is 19.8 Å². The van der Waals surface area contributed by atoms with E-state index in [1.807, 2.05) is 0 Å². The highest BCUT2D eigenvalue weighted by atomic mass is 19.4. The van der Waals surface area contributed by atoms with Crippen molar-refractivity contribution in [1.82, 2.24) is 34.8 Å². The van der Waals surface area contributed by atoms with Gasteiger partial charge < -0.3 is 19.6 Å². The van der Waals surface area contributed by atoms with E-state index < -0.39 is 48.0 Å². The molecule has 0 saturated carbocycles. The molecule has 0 aliphatic carbocycles. The Labute approximate surface area is 231 Å². The van der Waals surface area contributed by atoms with Crippen LogP contribution in [-0.4, -0.2) is 84.3 Å². The van der Waals surface area contributed by atoms with Crippen LogP contribution in [0.5, 0.6) is 0 Å². The number of halogens is 3. The summed E-state index contributed by atoms with van der Waals surface area (Å²) in [5.74, 6) is -0.428. The second-order valence-corrected chi connectivity index (χ2v) is 9.63. The highest BCUT2D eigenvalue weighted by Gasteiger charge is 2.51. The van der Waals surface area contributed by atoms with Crippen LogP contribution >= 0.6 is 0 Å². The summed E-state index contributed by atoms with van der Waals surface area (Å²) in [6, 6.07) is 1.84. The standard InChI is InChI=1S/C25H24F3N9O4/c1-12-7-15(9-30-19(12)25(26,27)28)20-29-6-5-17(32-20)33-22(38)14(3)37-11-31-21-18(37)23(39)36(24(40)35(21)4)10-16-8-13(2)41-34-16/h5-9,11,14,18,21H,10H2,1-4H3,(H,29,32,33,38)/t14-,18?,21?/m0/s1. The van der Waals surface area contributed by atoms with Crippen molar-refractivity contribution in [2.45, 2.75) is 51.7 Å². The summed E-state index contributed by atoms with van der Waals surface area (Å²) < 4.78 is 44.3. The highest BCUT2D eigenvalue weighted by Crippen LogP contribution is 2.32. The fourth-order valence-corrected chi connectivity index (χ4v) is 4.65. The molecule has 1 saturated heterocycles. The van der Waals surface area contributed by atoms with Gasteiger partial charge in [0.2, 0.25) is 5.91 Å². The van der Waals surface area contributed by atoms with Gasteiger partial charge in [0.1, 0.15) is 29.0 Å². The van der Waals surface area contributed by atoms with E-state index in [1.165, 1.54) is 48.4 Å². The maximum absolute atomic E-state index is 13.5. The molecule has 214 valence electrons. The number of hydrogen-bond acceptors (Lipinski definition) is 10. The van der Waals surface area contributed by atoms with Crippen molar-refractivity contribution in [3.63, 3.8) is 0 Å². The first-order valence-corrected chi connectivity index (χ1v) is 12.3. The molecule has 2 aliphatic heterocycles. The van der Waals surface area contributed by atoms with Crippen molar-refractivity contribution in [3.8, 4) is 11.4 Å². The van der Waals surface area contributed by atoms with E-state index in [4.69, 9.17) is 4.52 Å². The number of carbonyl (C=O) groups is 3. The number of aliphatic imine (C=N–C) groups is 1. The van der Waals surface area contributed by atoms with Crippen LogP contribution in [0.25, 0.3) is 11.4 Å². The molecule has 0 aromatic carbocycles. The normalized spacial score (nSPS) is 19.5. The van der Waals surface area contributed by atoms with Crippen molar-refractivity contribution in [2.75, 3.05) is 12.4 Å². The topological polar surface area (TPSA) is 150 Å². The first-order chi connectivity index (χ1) is 19.3. The summed E-state index contributed by atoms with van der Waals surface area (Å²) in [5, 5.41) is 6.49. The summed E-state index contributed by atoms with van der Waals surface area (Å²) in [6.07, 6.45) is -1.72. The number of imide groups is 1. The van der Waals surface area contributed by atoms with Gasteiger partial charge in [0, 0.05) is 31.1 Å². The zero-order valence-corrected chi connectivity index (χ0v) is 22.2. The average molecular weight is 572 g/mol. The van der Waals surface area contributed by atoms with E-state index in [1.54, 1.807) is 19.9 Å². The first-order valence-electron chi connectivity index (χ1n) is 12.3. The second kappa shape index (κ2) is 10.3. The van der Waals surface area contributed by atoms with E-state index in [-0.39, 0.29) is 29.3 Å². The molecule has 16 heteroatoms. The molecule has 4 amide bonds. The lowest BCUT2D eigenvalue weighted by atomic mass is 10.1. The van der Waals surface area contributed by atoms with Crippen LogP contribution in [-0.2, 0) is 22.3 Å². The fourth-order valence-electron chi connectivity index (χ4n) is 4.65. The Morgan fingerprint density at radius 1 is 1.20 bits per heavy atom. The number of pyridine rings is 1. The number of carbonyl (C=O) groups excluding carboxylic acids is 3. The monoisotopic (exact) mass is 571 g/mol. The van der Waals surface area contributed by atoms with Gasteiger partial charge >= 0.3 is 12.2 Å². The molecule has 2 aliphatic rings. The van der Waals surface area contributed by atoms with Crippen molar-refractivity contribution in [1.29, 1.82) is 0 Å². The Kier molecular flexibility index (Phi) is 6.92. The molecule has 5 heterocycles. The van der Waals surface area contributed by atoms with E-state index in [9.17, 15) is 27.6 Å². The van der Waals surface area contributed by atoms with Crippen LogP contribution in [0.15, 0.2) is 40.1 Å². The number of nitrogens with one attached hydrogen (secondary N) is 1. The summed E-state index contributed by atoms with van der Waals surface area (Å²) >= 11 is 0. The Balaban J connectivity index is 1.32. The number of likely N-dealkylation sites (N-methyl/N-ethyl adjacent to an activating group) is 1. The predicted molar refractivity (Wildman–Crippen MR) is 136 cm³/mol. The number of aromatic nitrogens is 4. The van der Waals surface area contributed by atoms with Crippen LogP contribution in [0.1, 0.15) is 29.6 Å². The molecule has 1 fully saturated rings. The maximum atomic E-state index is 13.5. The Bertz CT molecular complexity index is 1560. The minimum atomic E-state index is -4.60. The minimum Gasteiger partial charge on any atom is -0.361 e. The molecule has 1 N–H and O–H groups in total. The number of anilines is 1. The number of rotatable bonds is 6. The molecule has 5 rings (SSSR count). The third-order valence-electron chi connectivity index (χ3n) is 6.74.